The quantitative estimate of drug-likeness (QED) is 0.360. The van der Waals surface area contributed by atoms with Crippen LogP contribution in [-0.2, 0) is 11.3 Å². The molecule has 0 aliphatic carbocycles. The molecule has 0 aliphatic rings. The van der Waals surface area contributed by atoms with E-state index in [2.05, 4.69) is 20.6 Å². The highest BCUT2D eigenvalue weighted by Crippen LogP contribution is 2.16. The van der Waals surface area contributed by atoms with Crippen LogP contribution in [0.15, 0.2) is 47.6 Å². The minimum Gasteiger partial charge on any atom is -0.356 e. The Morgan fingerprint density at radius 3 is 2.63 bits per heavy atom. The molecule has 0 aliphatic heterocycles. The van der Waals surface area contributed by atoms with E-state index in [0.29, 0.717) is 31.3 Å². The molecule has 2 N–H and O–H groups in total. The second-order valence-corrected chi connectivity index (χ2v) is 6.35. The molecule has 1 aromatic heterocycles. The highest BCUT2D eigenvalue weighted by molar-refractivity contribution is 14.0. The minimum atomic E-state index is -0.0990. The lowest BCUT2D eigenvalue weighted by molar-refractivity contribution is -0.116. The number of hydrogen-bond donors (Lipinski definition) is 2. The van der Waals surface area contributed by atoms with Gasteiger partial charge in [0.25, 0.3) is 0 Å². The molecule has 0 saturated carbocycles. The molecule has 2 rings (SSSR count). The molecule has 0 radical (unpaired) electrons. The van der Waals surface area contributed by atoms with Gasteiger partial charge in [-0.3, -0.25) is 9.79 Å². The second-order valence-electron chi connectivity index (χ2n) is 5.94. The molecular formula is C19H25ClIN5O. The number of aliphatic imine (C=N–C) groups is 1. The van der Waals surface area contributed by atoms with Crippen LogP contribution in [0, 0.1) is 6.92 Å². The Bertz CT molecular complexity index is 767. The maximum absolute atomic E-state index is 12.0. The summed E-state index contributed by atoms with van der Waals surface area (Å²) in [6.45, 7) is 3.04. The summed E-state index contributed by atoms with van der Waals surface area (Å²) in [7, 11) is 3.64. The van der Waals surface area contributed by atoms with E-state index < -0.39 is 0 Å². The van der Waals surface area contributed by atoms with Gasteiger partial charge in [0.05, 0.1) is 0 Å². The predicted molar refractivity (Wildman–Crippen MR) is 122 cm³/mol. The van der Waals surface area contributed by atoms with E-state index in [1.807, 2.05) is 49.2 Å². The molecule has 0 bridgehead atoms. The number of rotatable bonds is 6. The summed E-state index contributed by atoms with van der Waals surface area (Å²) in [6, 6.07) is 11.4. The Hall–Kier alpha value is -1.87. The fourth-order valence-electron chi connectivity index (χ4n) is 2.38. The van der Waals surface area contributed by atoms with Crippen molar-refractivity contribution in [2.45, 2.75) is 19.9 Å². The molecule has 0 atom stereocenters. The molecule has 2 aromatic rings. The minimum absolute atomic E-state index is 0. The highest BCUT2D eigenvalue weighted by Gasteiger charge is 2.09. The lowest BCUT2D eigenvalue weighted by Crippen LogP contribution is -2.39. The number of carbonyl (C=O) groups is 1. The number of benzene rings is 1. The van der Waals surface area contributed by atoms with Crippen molar-refractivity contribution < 1.29 is 4.79 Å². The van der Waals surface area contributed by atoms with Crippen LogP contribution in [0.25, 0.3) is 0 Å². The maximum atomic E-state index is 12.0. The van der Waals surface area contributed by atoms with Gasteiger partial charge >= 0.3 is 0 Å². The smallest absolute Gasteiger partial charge is 0.227 e. The average Bonchev–Trinajstić information content (AvgIpc) is 2.62. The molecule has 1 aromatic carbocycles. The third kappa shape index (κ3) is 7.72. The number of guanidine groups is 1. The predicted octanol–water partition coefficient (Wildman–Crippen LogP) is 3.70. The number of nitrogens with zero attached hydrogens (tertiary/aromatic N) is 3. The molecule has 0 unspecified atom stereocenters. The van der Waals surface area contributed by atoms with Crippen LogP contribution >= 0.6 is 35.6 Å². The van der Waals surface area contributed by atoms with Gasteiger partial charge in [0, 0.05) is 44.8 Å². The third-order valence-corrected chi connectivity index (χ3v) is 4.12. The second kappa shape index (κ2) is 11.8. The Balaban J connectivity index is 0.00000364. The number of nitrogens with one attached hydrogen (secondary N) is 2. The van der Waals surface area contributed by atoms with Gasteiger partial charge in [0.2, 0.25) is 5.91 Å². The van der Waals surface area contributed by atoms with Crippen molar-refractivity contribution in [3.8, 4) is 0 Å². The van der Waals surface area contributed by atoms with Crippen LogP contribution in [0.1, 0.15) is 17.5 Å². The Kier molecular flexibility index (Phi) is 10.1. The Morgan fingerprint density at radius 1 is 1.26 bits per heavy atom. The summed E-state index contributed by atoms with van der Waals surface area (Å²) in [6.07, 6.45) is 2.04. The van der Waals surface area contributed by atoms with Crippen molar-refractivity contribution in [3.05, 3.63) is 58.7 Å². The largest absolute Gasteiger partial charge is 0.356 e. The number of anilines is 1. The molecule has 8 heteroatoms. The van der Waals surface area contributed by atoms with E-state index in [0.717, 1.165) is 16.1 Å². The zero-order valence-electron chi connectivity index (χ0n) is 15.7. The Labute approximate surface area is 182 Å². The SMILES string of the molecule is CN=C(NCCC(=O)Nc1ccc(C)cn1)N(C)Cc1ccccc1Cl.I. The molecule has 0 fully saturated rings. The number of aryl methyl sites for hydroxylation is 1. The van der Waals surface area contributed by atoms with Crippen molar-refractivity contribution in [2.24, 2.45) is 4.99 Å². The van der Waals surface area contributed by atoms with Crippen LogP contribution in [0.3, 0.4) is 0 Å². The molecule has 0 saturated heterocycles. The van der Waals surface area contributed by atoms with Gasteiger partial charge < -0.3 is 15.5 Å². The van der Waals surface area contributed by atoms with E-state index in [1.54, 1.807) is 19.3 Å². The molecule has 6 nitrogen and oxygen atoms in total. The van der Waals surface area contributed by atoms with E-state index >= 15 is 0 Å². The zero-order valence-corrected chi connectivity index (χ0v) is 18.8. The zero-order chi connectivity index (χ0) is 18.9. The number of aromatic nitrogens is 1. The van der Waals surface area contributed by atoms with Gasteiger partial charge in [0.1, 0.15) is 5.82 Å². The topological polar surface area (TPSA) is 69.6 Å². The molecule has 27 heavy (non-hydrogen) atoms. The summed E-state index contributed by atoms with van der Waals surface area (Å²) < 4.78 is 0. The van der Waals surface area contributed by atoms with E-state index in [1.165, 1.54) is 0 Å². The molecule has 146 valence electrons. The fourth-order valence-corrected chi connectivity index (χ4v) is 2.57. The van der Waals surface area contributed by atoms with E-state index in [4.69, 9.17) is 11.6 Å². The molecule has 1 amide bonds. The van der Waals surface area contributed by atoms with E-state index in [-0.39, 0.29) is 29.9 Å². The number of pyridine rings is 1. The van der Waals surface area contributed by atoms with Crippen molar-refractivity contribution in [1.29, 1.82) is 0 Å². The van der Waals surface area contributed by atoms with Crippen LogP contribution in [0.4, 0.5) is 5.82 Å². The number of halogens is 2. The normalized spacial score (nSPS) is 10.7. The Morgan fingerprint density at radius 2 is 2.00 bits per heavy atom. The lowest BCUT2D eigenvalue weighted by atomic mass is 10.2. The van der Waals surface area contributed by atoms with Crippen LogP contribution in [-0.4, -0.2) is 42.4 Å². The van der Waals surface area contributed by atoms with Crippen LogP contribution in [0.5, 0.6) is 0 Å². The van der Waals surface area contributed by atoms with Gasteiger partial charge in [-0.2, -0.15) is 0 Å². The fraction of sp³-hybridized carbons (Fsp3) is 0.316. The van der Waals surface area contributed by atoms with Gasteiger partial charge in [-0.05, 0) is 30.2 Å². The molecular weight excluding hydrogens is 477 g/mol. The van der Waals surface area contributed by atoms with Gasteiger partial charge in [0.15, 0.2) is 5.96 Å². The summed E-state index contributed by atoms with van der Waals surface area (Å²) >= 11 is 6.20. The van der Waals surface area contributed by atoms with Gasteiger partial charge in [-0.1, -0.05) is 35.9 Å². The number of hydrogen-bond acceptors (Lipinski definition) is 3. The third-order valence-electron chi connectivity index (χ3n) is 3.75. The van der Waals surface area contributed by atoms with Crippen LogP contribution in [0.2, 0.25) is 5.02 Å². The van der Waals surface area contributed by atoms with Crippen LogP contribution < -0.4 is 10.6 Å². The number of amides is 1. The summed E-state index contributed by atoms with van der Waals surface area (Å²) in [5.74, 6) is 1.16. The lowest BCUT2D eigenvalue weighted by Gasteiger charge is -2.22. The summed E-state index contributed by atoms with van der Waals surface area (Å²) in [5, 5.41) is 6.68. The highest BCUT2D eigenvalue weighted by atomic mass is 127. The molecule has 1 heterocycles. The van der Waals surface area contributed by atoms with Crippen molar-refractivity contribution in [3.63, 3.8) is 0 Å². The van der Waals surface area contributed by atoms with Crippen molar-refractivity contribution in [1.82, 2.24) is 15.2 Å². The monoisotopic (exact) mass is 501 g/mol. The molecule has 0 spiro atoms. The number of carbonyl (C=O) groups excluding carboxylic acids is 1. The van der Waals surface area contributed by atoms with E-state index in [9.17, 15) is 4.79 Å². The van der Waals surface area contributed by atoms with Crippen molar-refractivity contribution >= 4 is 53.3 Å². The maximum Gasteiger partial charge on any atom is 0.227 e. The average molecular weight is 502 g/mol. The summed E-state index contributed by atoms with van der Waals surface area (Å²) in [5.41, 5.74) is 2.07. The van der Waals surface area contributed by atoms with Gasteiger partial charge in [-0.25, -0.2) is 4.98 Å². The first-order valence-corrected chi connectivity index (χ1v) is 8.75. The van der Waals surface area contributed by atoms with Gasteiger partial charge in [-0.15, -0.1) is 24.0 Å². The first-order valence-electron chi connectivity index (χ1n) is 8.37. The van der Waals surface area contributed by atoms with Crippen molar-refractivity contribution in [2.75, 3.05) is 26.0 Å². The summed E-state index contributed by atoms with van der Waals surface area (Å²) in [4.78, 5) is 22.4. The first kappa shape index (κ1) is 23.2. The first-order chi connectivity index (χ1) is 12.5. The standard InChI is InChI=1S/C19H24ClN5O.HI/c1-14-8-9-17(23-12-14)24-18(26)10-11-22-19(21-2)25(3)13-15-6-4-5-7-16(15)20;/h4-9,12H,10-11,13H2,1-3H3,(H,21,22)(H,23,24,26);1H.